The van der Waals surface area contributed by atoms with Crippen LogP contribution in [0.4, 0.5) is 5.13 Å². The second-order valence-electron chi connectivity index (χ2n) is 6.15. The third kappa shape index (κ3) is 3.78. The number of nitrogens with one attached hydrogen (secondary N) is 1. The molecule has 0 saturated carbocycles. The van der Waals surface area contributed by atoms with Gasteiger partial charge in [-0.1, -0.05) is 23.7 Å². The van der Waals surface area contributed by atoms with Crippen LogP contribution in [0, 0.1) is 0 Å². The molecule has 3 nitrogen and oxygen atoms in total. The summed E-state index contributed by atoms with van der Waals surface area (Å²) in [4.78, 5) is 19.4. The molecule has 1 aliphatic carbocycles. The Labute approximate surface area is 159 Å². The number of benzene rings is 1. The second-order valence-corrected chi connectivity index (χ2v) is 8.66. The summed E-state index contributed by atoms with van der Waals surface area (Å²) in [5.41, 5.74) is 3.25. The molecule has 2 heterocycles. The van der Waals surface area contributed by atoms with Crippen molar-refractivity contribution in [1.29, 1.82) is 0 Å². The van der Waals surface area contributed by atoms with Gasteiger partial charge < -0.3 is 0 Å². The number of carbonyl (C=O) groups excluding carboxylic acids is 1. The minimum Gasteiger partial charge on any atom is -0.298 e. The molecule has 6 heteroatoms. The number of fused-ring (bicyclic) bond motifs is 1. The van der Waals surface area contributed by atoms with E-state index in [-0.39, 0.29) is 5.91 Å². The van der Waals surface area contributed by atoms with Crippen LogP contribution in [0.5, 0.6) is 0 Å². The van der Waals surface area contributed by atoms with Crippen LogP contribution < -0.4 is 5.32 Å². The average molecular weight is 389 g/mol. The predicted molar refractivity (Wildman–Crippen MR) is 105 cm³/mol. The van der Waals surface area contributed by atoms with E-state index in [1.54, 1.807) is 11.3 Å². The van der Waals surface area contributed by atoms with Crippen LogP contribution in [0.15, 0.2) is 35.8 Å². The third-order valence-corrected chi connectivity index (χ3v) is 6.62. The number of hydrogen-bond donors (Lipinski definition) is 1. The first kappa shape index (κ1) is 16.8. The summed E-state index contributed by atoms with van der Waals surface area (Å²) in [6, 6.07) is 7.80. The highest BCUT2D eigenvalue weighted by atomic mass is 35.5. The maximum Gasteiger partial charge on any atom is 0.258 e. The number of thiazole rings is 1. The second kappa shape index (κ2) is 7.28. The zero-order valence-corrected chi connectivity index (χ0v) is 15.9. The normalized spacial score (nSPS) is 13.5. The van der Waals surface area contributed by atoms with Crippen LogP contribution >= 0.6 is 34.3 Å². The Bertz CT molecular complexity index is 899. The molecule has 0 fully saturated rings. The van der Waals surface area contributed by atoms with E-state index < -0.39 is 0 Å². The lowest BCUT2D eigenvalue weighted by atomic mass is 9.96. The van der Waals surface area contributed by atoms with Gasteiger partial charge in [0.1, 0.15) is 0 Å². The van der Waals surface area contributed by atoms with Gasteiger partial charge in [0.15, 0.2) is 5.13 Å². The van der Waals surface area contributed by atoms with Gasteiger partial charge in [-0.2, -0.15) is 0 Å². The van der Waals surface area contributed by atoms with Crippen molar-refractivity contribution in [3.63, 3.8) is 0 Å². The lowest BCUT2D eigenvalue weighted by Gasteiger charge is -2.12. The summed E-state index contributed by atoms with van der Waals surface area (Å²) in [6.45, 7) is 0. The van der Waals surface area contributed by atoms with Gasteiger partial charge in [0.2, 0.25) is 0 Å². The molecule has 0 unspecified atom stereocenters. The van der Waals surface area contributed by atoms with Crippen molar-refractivity contribution in [2.75, 3.05) is 5.32 Å². The smallest absolute Gasteiger partial charge is 0.258 e. The average Bonchev–Trinajstić information content (AvgIpc) is 3.23. The first-order chi connectivity index (χ1) is 12.2. The molecule has 0 spiro atoms. The molecule has 128 valence electrons. The van der Waals surface area contributed by atoms with E-state index in [0.29, 0.717) is 5.13 Å². The molecule has 0 saturated heterocycles. The lowest BCUT2D eigenvalue weighted by Crippen LogP contribution is -2.14. The molecule has 25 heavy (non-hydrogen) atoms. The largest absolute Gasteiger partial charge is 0.298 e. The number of rotatable bonds is 4. The first-order valence-electron chi connectivity index (χ1n) is 8.29. The van der Waals surface area contributed by atoms with E-state index in [1.807, 2.05) is 35.8 Å². The summed E-state index contributed by atoms with van der Waals surface area (Å²) in [5, 5.41) is 6.35. The molecular weight excluding hydrogens is 372 g/mol. The quantitative estimate of drug-likeness (QED) is 0.633. The predicted octanol–water partition coefficient (Wildman–Crippen LogP) is 5.58. The SMILES string of the molecule is O=C(Nc1ncc(Cc2ccc(Cl)cc2)s1)c1csc2c1CCCC2. The minimum absolute atomic E-state index is 0.0354. The molecule has 3 aromatic rings. The fraction of sp³-hybridized carbons (Fsp3) is 0.263. The third-order valence-electron chi connectivity index (χ3n) is 4.37. The van der Waals surface area contributed by atoms with E-state index in [4.69, 9.17) is 11.6 Å². The fourth-order valence-electron chi connectivity index (χ4n) is 3.10. The molecule has 1 aliphatic rings. The summed E-state index contributed by atoms with van der Waals surface area (Å²) in [7, 11) is 0. The minimum atomic E-state index is -0.0354. The van der Waals surface area contributed by atoms with E-state index in [2.05, 4.69) is 10.3 Å². The zero-order valence-electron chi connectivity index (χ0n) is 13.5. The van der Waals surface area contributed by atoms with Gasteiger partial charge in [-0.05, 0) is 48.9 Å². The standard InChI is InChI=1S/C19H17ClN2OS2/c20-13-7-5-12(6-8-13)9-14-10-21-19(25-14)22-18(23)16-11-24-17-4-2-1-3-15(16)17/h5-8,10-11H,1-4,9H2,(H,21,22,23). The number of nitrogens with zero attached hydrogens (tertiary/aromatic N) is 1. The van der Waals surface area contributed by atoms with Gasteiger partial charge in [-0.15, -0.1) is 22.7 Å². The van der Waals surface area contributed by atoms with E-state index >= 15 is 0 Å². The van der Waals surface area contributed by atoms with Crippen molar-refractivity contribution in [3.05, 3.63) is 67.3 Å². The monoisotopic (exact) mass is 388 g/mol. The Morgan fingerprint density at radius 2 is 2.00 bits per heavy atom. The molecule has 0 atom stereocenters. The van der Waals surface area contributed by atoms with E-state index in [9.17, 15) is 4.79 Å². The highest BCUT2D eigenvalue weighted by Gasteiger charge is 2.20. The van der Waals surface area contributed by atoms with Crippen molar-refractivity contribution >= 4 is 45.3 Å². The van der Waals surface area contributed by atoms with Gasteiger partial charge in [-0.3, -0.25) is 10.1 Å². The maximum absolute atomic E-state index is 12.6. The van der Waals surface area contributed by atoms with Crippen LogP contribution in [0.25, 0.3) is 0 Å². The summed E-state index contributed by atoms with van der Waals surface area (Å²) < 4.78 is 0. The Kier molecular flexibility index (Phi) is 4.88. The van der Waals surface area contributed by atoms with Crippen LogP contribution in [0.1, 0.15) is 44.1 Å². The number of anilines is 1. The number of amides is 1. The molecule has 1 aromatic carbocycles. The van der Waals surface area contributed by atoms with Crippen LogP contribution in [-0.2, 0) is 19.3 Å². The number of thiophene rings is 1. The van der Waals surface area contributed by atoms with Gasteiger partial charge in [0, 0.05) is 32.8 Å². The number of carbonyl (C=O) groups is 1. The number of halogens is 1. The molecule has 1 amide bonds. The molecule has 0 bridgehead atoms. The van der Waals surface area contributed by atoms with Crippen molar-refractivity contribution < 1.29 is 4.79 Å². The van der Waals surface area contributed by atoms with E-state index in [1.165, 1.54) is 40.2 Å². The summed E-state index contributed by atoms with van der Waals surface area (Å²) in [5.74, 6) is -0.0354. The Hall–Kier alpha value is -1.69. The fourth-order valence-corrected chi connectivity index (χ4v) is 5.19. The summed E-state index contributed by atoms with van der Waals surface area (Å²) in [6.07, 6.45) is 7.15. The maximum atomic E-state index is 12.6. The summed E-state index contributed by atoms with van der Waals surface area (Å²) >= 11 is 9.15. The Morgan fingerprint density at radius 3 is 2.84 bits per heavy atom. The highest BCUT2D eigenvalue weighted by Crippen LogP contribution is 2.31. The highest BCUT2D eigenvalue weighted by molar-refractivity contribution is 7.15. The molecule has 2 aromatic heterocycles. The van der Waals surface area contributed by atoms with Crippen molar-refractivity contribution in [2.45, 2.75) is 32.1 Å². The molecule has 1 N–H and O–H groups in total. The number of aryl methyl sites for hydroxylation is 1. The topological polar surface area (TPSA) is 42.0 Å². The molecule has 0 radical (unpaired) electrons. The molecule has 4 rings (SSSR count). The Morgan fingerprint density at radius 1 is 1.20 bits per heavy atom. The lowest BCUT2D eigenvalue weighted by molar-refractivity contribution is 0.102. The van der Waals surface area contributed by atoms with Crippen LogP contribution in [0.2, 0.25) is 5.02 Å². The first-order valence-corrected chi connectivity index (χ1v) is 10.4. The van der Waals surface area contributed by atoms with Crippen molar-refractivity contribution in [3.8, 4) is 0 Å². The zero-order chi connectivity index (χ0) is 17.2. The molecule has 0 aliphatic heterocycles. The van der Waals surface area contributed by atoms with Gasteiger partial charge in [0.05, 0.1) is 5.56 Å². The number of hydrogen-bond acceptors (Lipinski definition) is 4. The van der Waals surface area contributed by atoms with E-state index in [0.717, 1.165) is 34.7 Å². The van der Waals surface area contributed by atoms with Gasteiger partial charge in [0.25, 0.3) is 5.91 Å². The van der Waals surface area contributed by atoms with Crippen molar-refractivity contribution in [1.82, 2.24) is 4.98 Å². The number of aromatic nitrogens is 1. The van der Waals surface area contributed by atoms with Crippen LogP contribution in [-0.4, -0.2) is 10.9 Å². The van der Waals surface area contributed by atoms with Gasteiger partial charge in [-0.25, -0.2) is 4.98 Å². The van der Waals surface area contributed by atoms with Crippen molar-refractivity contribution in [2.24, 2.45) is 0 Å². The van der Waals surface area contributed by atoms with Gasteiger partial charge >= 0.3 is 0 Å². The molecular formula is C19H17ClN2OS2. The van der Waals surface area contributed by atoms with Crippen LogP contribution in [0.3, 0.4) is 0 Å². The Balaban J connectivity index is 1.45.